The van der Waals surface area contributed by atoms with Gasteiger partial charge in [-0.05, 0) is 45.1 Å². The number of nitrogens with zero attached hydrogens (tertiary/aromatic N) is 1. The van der Waals surface area contributed by atoms with Crippen LogP contribution in [0.1, 0.15) is 60.7 Å². The molecule has 1 saturated heterocycles. The average Bonchev–Trinajstić information content (AvgIpc) is 2.92. The predicted molar refractivity (Wildman–Crippen MR) is 98.4 cm³/mol. The number of piperidine rings is 1. The van der Waals surface area contributed by atoms with E-state index in [1.54, 1.807) is 13.8 Å². The monoisotopic (exact) mass is 364 g/mol. The van der Waals surface area contributed by atoms with Crippen molar-refractivity contribution in [3.63, 3.8) is 0 Å². The van der Waals surface area contributed by atoms with Crippen molar-refractivity contribution in [2.24, 2.45) is 5.92 Å². The molecule has 0 radical (unpaired) electrons. The van der Waals surface area contributed by atoms with Gasteiger partial charge in [-0.2, -0.15) is 0 Å². The van der Waals surface area contributed by atoms with Crippen molar-refractivity contribution in [3.8, 4) is 0 Å². The first-order valence-electron chi connectivity index (χ1n) is 8.97. The van der Waals surface area contributed by atoms with Crippen LogP contribution in [0, 0.1) is 12.8 Å². The number of hydrogen-bond acceptors (Lipinski definition) is 5. The zero-order chi connectivity index (χ0) is 18.1. The van der Waals surface area contributed by atoms with Crippen LogP contribution in [0.3, 0.4) is 0 Å². The Balaban J connectivity index is 1.96. The van der Waals surface area contributed by atoms with E-state index in [9.17, 15) is 9.59 Å². The van der Waals surface area contributed by atoms with E-state index in [0.29, 0.717) is 33.1 Å². The van der Waals surface area contributed by atoms with Gasteiger partial charge in [0.15, 0.2) is 5.82 Å². The highest BCUT2D eigenvalue weighted by molar-refractivity contribution is 7.20. The first-order chi connectivity index (χ1) is 11.9. The van der Waals surface area contributed by atoms with Crippen LogP contribution >= 0.6 is 11.3 Å². The van der Waals surface area contributed by atoms with Crippen LogP contribution in [0.4, 0.5) is 0 Å². The van der Waals surface area contributed by atoms with Crippen molar-refractivity contribution >= 4 is 27.5 Å². The summed E-state index contributed by atoms with van der Waals surface area (Å²) in [6.07, 6.45) is 2.41. The Morgan fingerprint density at radius 3 is 2.76 bits per heavy atom. The number of fused-ring (bicyclic) bond motifs is 1. The highest BCUT2D eigenvalue weighted by Gasteiger charge is 2.28. The first-order valence-corrected chi connectivity index (χ1v) is 9.79. The van der Waals surface area contributed by atoms with Gasteiger partial charge in [0.25, 0.3) is 5.56 Å². The molecule has 0 bridgehead atoms. The summed E-state index contributed by atoms with van der Waals surface area (Å²) < 4.78 is 5.09. The van der Waals surface area contributed by atoms with Gasteiger partial charge >= 0.3 is 5.97 Å². The summed E-state index contributed by atoms with van der Waals surface area (Å²) >= 11 is 1.25. The molecule has 2 N–H and O–H groups in total. The molecule has 1 fully saturated rings. The molecule has 3 rings (SSSR count). The lowest BCUT2D eigenvalue weighted by Gasteiger charge is -2.31. The molecule has 0 unspecified atom stereocenters. The van der Waals surface area contributed by atoms with E-state index in [1.807, 2.05) is 0 Å². The molecule has 3 heterocycles. The number of quaternary nitrogens is 1. The quantitative estimate of drug-likeness (QED) is 0.812. The maximum absolute atomic E-state index is 12.6. The minimum absolute atomic E-state index is 0.137. The molecule has 1 atom stereocenters. The van der Waals surface area contributed by atoms with Crippen molar-refractivity contribution in [1.29, 1.82) is 0 Å². The summed E-state index contributed by atoms with van der Waals surface area (Å²) in [6, 6.07) is 0.137. The molecule has 0 aromatic carbocycles. The van der Waals surface area contributed by atoms with Gasteiger partial charge in [0.1, 0.15) is 15.7 Å². The van der Waals surface area contributed by atoms with E-state index in [2.05, 4.69) is 23.8 Å². The van der Waals surface area contributed by atoms with Gasteiger partial charge in [0, 0.05) is 0 Å². The molecule has 6 nitrogen and oxygen atoms in total. The molecule has 0 aliphatic carbocycles. The zero-order valence-electron chi connectivity index (χ0n) is 15.3. The van der Waals surface area contributed by atoms with Gasteiger partial charge in [-0.3, -0.25) is 4.79 Å². The molecule has 7 heteroatoms. The minimum Gasteiger partial charge on any atom is -0.462 e. The second-order valence-electron chi connectivity index (χ2n) is 6.97. The fourth-order valence-corrected chi connectivity index (χ4v) is 4.60. The number of nitrogens with one attached hydrogen (secondary N) is 2. The van der Waals surface area contributed by atoms with E-state index >= 15 is 0 Å². The third-order valence-electron chi connectivity index (χ3n) is 5.22. The molecular weight excluding hydrogens is 338 g/mol. The van der Waals surface area contributed by atoms with Gasteiger partial charge in [0.05, 0.1) is 25.1 Å². The lowest BCUT2D eigenvalue weighted by atomic mass is 9.98. The van der Waals surface area contributed by atoms with Crippen LogP contribution in [0.5, 0.6) is 0 Å². The number of esters is 1. The number of aryl methyl sites for hydroxylation is 1. The van der Waals surface area contributed by atoms with E-state index in [-0.39, 0.29) is 17.6 Å². The third kappa shape index (κ3) is 3.48. The summed E-state index contributed by atoms with van der Waals surface area (Å²) in [7, 11) is 0. The Morgan fingerprint density at radius 2 is 2.12 bits per heavy atom. The predicted octanol–water partition coefficient (Wildman–Crippen LogP) is 1.85. The normalized spacial score (nSPS) is 22.1. The van der Waals surface area contributed by atoms with Crippen molar-refractivity contribution in [2.45, 2.75) is 46.6 Å². The number of H-pyrrole nitrogens is 1. The number of thiophene rings is 1. The van der Waals surface area contributed by atoms with Crippen LogP contribution in [0.25, 0.3) is 10.2 Å². The van der Waals surface area contributed by atoms with Gasteiger partial charge < -0.3 is 14.6 Å². The summed E-state index contributed by atoms with van der Waals surface area (Å²) in [5, 5.41) is 0.506. The molecule has 1 aliphatic heterocycles. The Morgan fingerprint density at radius 1 is 1.44 bits per heavy atom. The summed E-state index contributed by atoms with van der Waals surface area (Å²) in [5.74, 6) is 1.10. The largest absolute Gasteiger partial charge is 0.462 e. The van der Waals surface area contributed by atoms with Crippen LogP contribution < -0.4 is 10.5 Å². The average molecular weight is 364 g/mol. The Kier molecular flexibility index (Phi) is 5.24. The van der Waals surface area contributed by atoms with Crippen LogP contribution in [0.2, 0.25) is 0 Å². The molecule has 1 aliphatic rings. The van der Waals surface area contributed by atoms with E-state index < -0.39 is 0 Å². The molecule has 0 amide bonds. The Labute approximate surface area is 151 Å². The SMILES string of the molecule is CCOC(=O)c1sc2nc([C@@H](C)[NH+]3CCC(C)CC3)[nH]c(=O)c2c1C. The van der Waals surface area contributed by atoms with Gasteiger partial charge in [-0.1, -0.05) is 6.92 Å². The molecule has 0 saturated carbocycles. The number of likely N-dealkylation sites (tertiary alicyclic amines) is 1. The number of aromatic nitrogens is 2. The molecule has 136 valence electrons. The number of ether oxygens (including phenoxy) is 1. The van der Waals surface area contributed by atoms with Crippen LogP contribution in [0.15, 0.2) is 4.79 Å². The lowest BCUT2D eigenvalue weighted by Crippen LogP contribution is -3.13. The van der Waals surface area contributed by atoms with Gasteiger partial charge in [-0.25, -0.2) is 9.78 Å². The molecule has 25 heavy (non-hydrogen) atoms. The standard InChI is InChI=1S/C18H25N3O3S/c1-5-24-18(23)14-11(3)13-16(22)19-15(20-17(13)25-14)12(4)21-8-6-10(2)7-9-21/h10,12H,5-9H2,1-4H3,(H,19,20,22)/p+1/t12-/m1/s1. The van der Waals surface area contributed by atoms with Gasteiger partial charge in [-0.15, -0.1) is 11.3 Å². The van der Waals surface area contributed by atoms with E-state index in [0.717, 1.165) is 19.0 Å². The van der Waals surface area contributed by atoms with Crippen molar-refractivity contribution in [3.05, 3.63) is 26.6 Å². The first kappa shape index (κ1) is 18.1. The Bertz CT molecular complexity index is 834. The number of hydrogen-bond donors (Lipinski definition) is 2. The smallest absolute Gasteiger partial charge is 0.348 e. The van der Waals surface area contributed by atoms with Crippen LogP contribution in [-0.4, -0.2) is 35.6 Å². The maximum atomic E-state index is 12.6. The van der Waals surface area contributed by atoms with E-state index in [1.165, 1.54) is 29.1 Å². The topological polar surface area (TPSA) is 76.5 Å². The fraction of sp³-hybridized carbons (Fsp3) is 0.611. The summed E-state index contributed by atoms with van der Waals surface area (Å²) in [4.78, 5) is 34.9. The molecular formula is C18H26N3O3S+. The minimum atomic E-state index is -0.382. The highest BCUT2D eigenvalue weighted by atomic mass is 32.1. The number of carbonyl (C=O) groups is 1. The zero-order valence-corrected chi connectivity index (χ0v) is 16.1. The van der Waals surface area contributed by atoms with Crippen molar-refractivity contribution in [1.82, 2.24) is 9.97 Å². The second kappa shape index (κ2) is 7.25. The molecule has 0 spiro atoms. The number of rotatable bonds is 4. The molecule has 2 aromatic rings. The summed E-state index contributed by atoms with van der Waals surface area (Å²) in [5.41, 5.74) is 0.492. The molecule has 2 aromatic heterocycles. The highest BCUT2D eigenvalue weighted by Crippen LogP contribution is 2.28. The fourth-order valence-electron chi connectivity index (χ4n) is 3.52. The van der Waals surface area contributed by atoms with Crippen molar-refractivity contribution < 1.29 is 14.4 Å². The number of carbonyl (C=O) groups excluding carboxylic acids is 1. The Hall–Kier alpha value is -1.73. The summed E-state index contributed by atoms with van der Waals surface area (Å²) in [6.45, 7) is 10.5. The maximum Gasteiger partial charge on any atom is 0.348 e. The third-order valence-corrected chi connectivity index (χ3v) is 6.38. The lowest BCUT2D eigenvalue weighted by molar-refractivity contribution is -0.936. The second-order valence-corrected chi connectivity index (χ2v) is 7.97. The van der Waals surface area contributed by atoms with Gasteiger partial charge in [0.2, 0.25) is 0 Å². The number of aromatic amines is 1. The van der Waals surface area contributed by atoms with Crippen LogP contribution in [-0.2, 0) is 4.74 Å². The van der Waals surface area contributed by atoms with Crippen molar-refractivity contribution in [2.75, 3.05) is 19.7 Å². The van der Waals surface area contributed by atoms with E-state index in [4.69, 9.17) is 4.74 Å².